The smallest absolute Gasteiger partial charge is 0.247 e. The Morgan fingerprint density at radius 2 is 1.93 bits per heavy atom. The molecule has 0 atom stereocenters. The monoisotopic (exact) mass is 411 g/mol. The summed E-state index contributed by atoms with van der Waals surface area (Å²) in [5.74, 6) is -0.0600. The summed E-state index contributed by atoms with van der Waals surface area (Å²) in [5, 5.41) is 8.78. The molecule has 28 heavy (non-hydrogen) atoms. The molecular formula is C20H15Cl2N5O. The maximum absolute atomic E-state index is 12.5. The molecule has 0 fully saturated rings. The number of fused-ring (bicyclic) bond motifs is 1. The van der Waals surface area contributed by atoms with Crippen LogP contribution in [0.3, 0.4) is 0 Å². The van der Waals surface area contributed by atoms with E-state index in [0.717, 1.165) is 22.2 Å². The SMILES string of the molecule is Cc1nn(CC(=O)Nc2ncc(Cl)cc2Cl)c2nccc(-c3ccccc3)c12. The minimum Gasteiger partial charge on any atom is -0.308 e. The van der Waals surface area contributed by atoms with Gasteiger partial charge in [0, 0.05) is 17.8 Å². The standard InChI is InChI=1S/C20H15Cl2N5O/c1-12-18-15(13-5-3-2-4-6-13)7-8-23-20(18)27(26-12)11-17(28)25-19-16(22)9-14(21)10-24-19/h2-10H,11H2,1H3,(H,24,25,28). The van der Waals surface area contributed by atoms with E-state index in [1.807, 2.05) is 43.3 Å². The number of rotatable bonds is 4. The van der Waals surface area contributed by atoms with E-state index in [4.69, 9.17) is 23.2 Å². The number of amides is 1. The molecule has 0 radical (unpaired) electrons. The Morgan fingerprint density at radius 3 is 2.68 bits per heavy atom. The number of aryl methyl sites for hydroxylation is 1. The zero-order valence-electron chi connectivity index (χ0n) is 14.9. The van der Waals surface area contributed by atoms with E-state index in [9.17, 15) is 4.79 Å². The Balaban J connectivity index is 1.65. The average Bonchev–Trinajstić information content (AvgIpc) is 3.00. The molecule has 0 aliphatic heterocycles. The topological polar surface area (TPSA) is 72.7 Å². The third-order valence-corrected chi connectivity index (χ3v) is 4.75. The van der Waals surface area contributed by atoms with E-state index in [0.29, 0.717) is 10.7 Å². The van der Waals surface area contributed by atoms with E-state index in [1.165, 1.54) is 12.3 Å². The summed E-state index contributed by atoms with van der Waals surface area (Å²) in [5.41, 5.74) is 3.54. The van der Waals surface area contributed by atoms with Crippen LogP contribution in [0.1, 0.15) is 5.69 Å². The summed E-state index contributed by atoms with van der Waals surface area (Å²) in [6.45, 7) is 1.89. The van der Waals surface area contributed by atoms with Crippen LogP contribution in [0, 0.1) is 6.92 Å². The molecular weight excluding hydrogens is 397 g/mol. The first-order valence-electron chi connectivity index (χ1n) is 8.51. The number of nitrogens with zero attached hydrogens (tertiary/aromatic N) is 4. The van der Waals surface area contributed by atoms with Gasteiger partial charge in [-0.3, -0.25) is 4.79 Å². The van der Waals surface area contributed by atoms with Crippen molar-refractivity contribution < 1.29 is 4.79 Å². The van der Waals surface area contributed by atoms with E-state index >= 15 is 0 Å². The first kappa shape index (κ1) is 18.4. The molecule has 0 saturated carbocycles. The predicted molar refractivity (Wildman–Crippen MR) is 111 cm³/mol. The highest BCUT2D eigenvalue weighted by Gasteiger charge is 2.16. The largest absolute Gasteiger partial charge is 0.308 e. The van der Waals surface area contributed by atoms with Crippen molar-refractivity contribution in [1.82, 2.24) is 19.7 Å². The molecule has 1 amide bonds. The summed E-state index contributed by atoms with van der Waals surface area (Å²) in [4.78, 5) is 21.0. The number of nitrogens with one attached hydrogen (secondary N) is 1. The number of aromatic nitrogens is 4. The number of benzene rings is 1. The summed E-state index contributed by atoms with van der Waals surface area (Å²) in [6, 6.07) is 13.5. The number of carbonyl (C=O) groups excluding carboxylic acids is 1. The molecule has 0 spiro atoms. The van der Waals surface area contributed by atoms with Gasteiger partial charge < -0.3 is 5.32 Å². The van der Waals surface area contributed by atoms with Gasteiger partial charge in [0.25, 0.3) is 0 Å². The predicted octanol–water partition coefficient (Wildman–Crippen LogP) is 4.75. The second kappa shape index (κ2) is 7.58. The van der Waals surface area contributed by atoms with Crippen molar-refractivity contribution in [2.75, 3.05) is 5.32 Å². The van der Waals surface area contributed by atoms with Crippen LogP contribution in [-0.2, 0) is 11.3 Å². The van der Waals surface area contributed by atoms with E-state index in [1.54, 1.807) is 10.9 Å². The zero-order chi connectivity index (χ0) is 19.7. The maximum Gasteiger partial charge on any atom is 0.247 e. The Labute approximate surface area is 171 Å². The summed E-state index contributed by atoms with van der Waals surface area (Å²) in [7, 11) is 0. The second-order valence-corrected chi connectivity index (χ2v) is 7.04. The molecule has 3 heterocycles. The van der Waals surface area contributed by atoms with E-state index < -0.39 is 0 Å². The van der Waals surface area contributed by atoms with E-state index in [2.05, 4.69) is 20.4 Å². The number of halogens is 2. The second-order valence-electron chi connectivity index (χ2n) is 6.20. The Kier molecular flexibility index (Phi) is 4.98. The molecule has 140 valence electrons. The molecule has 4 aromatic rings. The fraction of sp³-hybridized carbons (Fsp3) is 0.100. The third kappa shape index (κ3) is 3.56. The average molecular weight is 412 g/mol. The first-order chi connectivity index (χ1) is 13.5. The fourth-order valence-electron chi connectivity index (χ4n) is 3.06. The summed E-state index contributed by atoms with van der Waals surface area (Å²) in [6.07, 6.45) is 3.14. The minimum atomic E-state index is -0.312. The van der Waals surface area contributed by atoms with Crippen molar-refractivity contribution in [3.05, 3.63) is 70.6 Å². The number of hydrogen-bond donors (Lipinski definition) is 1. The fourth-order valence-corrected chi connectivity index (χ4v) is 3.49. The molecule has 3 aromatic heterocycles. The molecule has 8 heteroatoms. The lowest BCUT2D eigenvalue weighted by Gasteiger charge is -2.07. The molecule has 1 N–H and O–H groups in total. The van der Waals surface area contributed by atoms with E-state index in [-0.39, 0.29) is 23.3 Å². The zero-order valence-corrected chi connectivity index (χ0v) is 16.4. The van der Waals surface area contributed by atoms with Crippen LogP contribution < -0.4 is 5.32 Å². The lowest BCUT2D eigenvalue weighted by atomic mass is 10.0. The molecule has 6 nitrogen and oxygen atoms in total. The normalized spacial score (nSPS) is 11.0. The molecule has 0 aliphatic carbocycles. The summed E-state index contributed by atoms with van der Waals surface area (Å²) < 4.78 is 1.58. The van der Waals surface area contributed by atoms with Crippen molar-refractivity contribution in [2.24, 2.45) is 0 Å². The van der Waals surface area contributed by atoms with Crippen LogP contribution in [0.25, 0.3) is 22.2 Å². The maximum atomic E-state index is 12.5. The molecule has 4 rings (SSSR count). The van der Waals surface area contributed by atoms with Gasteiger partial charge in [0.2, 0.25) is 5.91 Å². The van der Waals surface area contributed by atoms with Crippen LogP contribution in [0.5, 0.6) is 0 Å². The molecule has 0 unspecified atom stereocenters. The van der Waals surface area contributed by atoms with Gasteiger partial charge in [-0.1, -0.05) is 53.5 Å². The lowest BCUT2D eigenvalue weighted by Crippen LogP contribution is -2.20. The Hall–Kier alpha value is -2.96. The highest BCUT2D eigenvalue weighted by molar-refractivity contribution is 6.36. The number of pyridine rings is 2. The van der Waals surface area contributed by atoms with Gasteiger partial charge in [-0.25, -0.2) is 14.6 Å². The van der Waals surface area contributed by atoms with Gasteiger partial charge in [-0.15, -0.1) is 0 Å². The van der Waals surface area contributed by atoms with Crippen molar-refractivity contribution in [3.63, 3.8) is 0 Å². The van der Waals surface area contributed by atoms with Crippen molar-refractivity contribution in [1.29, 1.82) is 0 Å². The lowest BCUT2D eigenvalue weighted by molar-refractivity contribution is -0.116. The van der Waals surface area contributed by atoms with Gasteiger partial charge >= 0.3 is 0 Å². The Bertz CT molecular complexity index is 1170. The highest BCUT2D eigenvalue weighted by Crippen LogP contribution is 2.29. The number of carbonyl (C=O) groups is 1. The quantitative estimate of drug-likeness (QED) is 0.525. The van der Waals surface area contributed by atoms with Crippen LogP contribution >= 0.6 is 23.2 Å². The number of hydrogen-bond acceptors (Lipinski definition) is 4. The molecule has 0 saturated heterocycles. The minimum absolute atomic E-state index is 0.0176. The third-order valence-electron chi connectivity index (χ3n) is 4.25. The van der Waals surface area contributed by atoms with Crippen LogP contribution in [-0.4, -0.2) is 25.7 Å². The molecule has 0 aliphatic rings. The van der Waals surface area contributed by atoms with Gasteiger partial charge in [0.05, 0.1) is 15.7 Å². The Morgan fingerprint density at radius 1 is 1.14 bits per heavy atom. The summed E-state index contributed by atoms with van der Waals surface area (Å²) >= 11 is 11.9. The molecule has 0 bridgehead atoms. The highest BCUT2D eigenvalue weighted by atomic mass is 35.5. The first-order valence-corrected chi connectivity index (χ1v) is 9.27. The van der Waals surface area contributed by atoms with Gasteiger partial charge in [-0.2, -0.15) is 5.10 Å². The molecule has 1 aromatic carbocycles. The van der Waals surface area contributed by atoms with Crippen LogP contribution in [0.4, 0.5) is 5.82 Å². The van der Waals surface area contributed by atoms with Crippen molar-refractivity contribution in [2.45, 2.75) is 13.5 Å². The van der Waals surface area contributed by atoms with Crippen LogP contribution in [0.15, 0.2) is 54.9 Å². The van der Waals surface area contributed by atoms with Gasteiger partial charge in [0.1, 0.15) is 6.54 Å². The van der Waals surface area contributed by atoms with Gasteiger partial charge in [0.15, 0.2) is 11.5 Å². The van der Waals surface area contributed by atoms with Crippen molar-refractivity contribution >= 4 is 46.0 Å². The van der Waals surface area contributed by atoms with Crippen LogP contribution in [0.2, 0.25) is 10.0 Å². The van der Waals surface area contributed by atoms with Gasteiger partial charge in [-0.05, 0) is 30.2 Å². The number of anilines is 1. The van der Waals surface area contributed by atoms with Crippen molar-refractivity contribution in [3.8, 4) is 11.1 Å².